The molecule has 0 fully saturated rings. The SMILES string of the molecule is Cc1ccccc1CN(C)S(=O)(=O)c1ncccc1N. The number of nitrogens with zero attached hydrogens (tertiary/aromatic N) is 2. The average molecular weight is 291 g/mol. The molecule has 1 aromatic carbocycles. The van der Waals surface area contributed by atoms with Crippen molar-refractivity contribution in [2.45, 2.75) is 18.5 Å². The van der Waals surface area contributed by atoms with Gasteiger partial charge in [-0.05, 0) is 30.2 Å². The molecular formula is C14H17N3O2S. The van der Waals surface area contributed by atoms with Gasteiger partial charge >= 0.3 is 0 Å². The highest BCUT2D eigenvalue weighted by atomic mass is 32.2. The molecule has 2 N–H and O–H groups in total. The molecule has 0 aliphatic rings. The van der Waals surface area contributed by atoms with Crippen molar-refractivity contribution in [3.63, 3.8) is 0 Å². The summed E-state index contributed by atoms with van der Waals surface area (Å²) < 4.78 is 26.2. The lowest BCUT2D eigenvalue weighted by Crippen LogP contribution is -2.28. The molecule has 1 aromatic heterocycles. The Morgan fingerprint density at radius 1 is 1.20 bits per heavy atom. The van der Waals surface area contributed by atoms with Gasteiger partial charge in [0, 0.05) is 19.8 Å². The molecule has 6 heteroatoms. The van der Waals surface area contributed by atoms with Gasteiger partial charge in [-0.15, -0.1) is 0 Å². The topological polar surface area (TPSA) is 76.3 Å². The zero-order valence-corrected chi connectivity index (χ0v) is 12.3. The maximum Gasteiger partial charge on any atom is 0.262 e. The molecule has 0 unspecified atom stereocenters. The Bertz CT molecular complexity index is 714. The van der Waals surface area contributed by atoms with Gasteiger partial charge in [0.2, 0.25) is 0 Å². The largest absolute Gasteiger partial charge is 0.396 e. The summed E-state index contributed by atoms with van der Waals surface area (Å²) in [6, 6.07) is 10.8. The van der Waals surface area contributed by atoms with Crippen LogP contribution in [0, 0.1) is 6.92 Å². The summed E-state index contributed by atoms with van der Waals surface area (Å²) in [5.41, 5.74) is 7.85. The van der Waals surface area contributed by atoms with Crippen LogP contribution >= 0.6 is 0 Å². The molecule has 0 amide bonds. The number of sulfonamides is 1. The maximum absolute atomic E-state index is 12.5. The van der Waals surface area contributed by atoms with Crippen LogP contribution < -0.4 is 5.73 Å². The molecule has 0 saturated carbocycles. The fraction of sp³-hybridized carbons (Fsp3) is 0.214. The number of nitrogens with two attached hydrogens (primary N) is 1. The molecule has 2 rings (SSSR count). The molecule has 0 aliphatic heterocycles. The number of rotatable bonds is 4. The highest BCUT2D eigenvalue weighted by molar-refractivity contribution is 7.89. The number of nitrogen functional groups attached to an aromatic ring is 1. The van der Waals surface area contributed by atoms with Crippen molar-refractivity contribution in [2.24, 2.45) is 0 Å². The second-order valence-corrected chi connectivity index (χ2v) is 6.55. The molecule has 0 spiro atoms. The van der Waals surface area contributed by atoms with Crippen molar-refractivity contribution < 1.29 is 8.42 Å². The van der Waals surface area contributed by atoms with E-state index in [2.05, 4.69) is 4.98 Å². The smallest absolute Gasteiger partial charge is 0.262 e. The van der Waals surface area contributed by atoms with Crippen LogP contribution in [0.15, 0.2) is 47.6 Å². The van der Waals surface area contributed by atoms with E-state index in [0.717, 1.165) is 11.1 Å². The van der Waals surface area contributed by atoms with E-state index < -0.39 is 10.0 Å². The van der Waals surface area contributed by atoms with Crippen LogP contribution in [0.1, 0.15) is 11.1 Å². The van der Waals surface area contributed by atoms with Crippen LogP contribution in [-0.4, -0.2) is 24.8 Å². The minimum absolute atomic E-state index is 0.101. The molecule has 0 aliphatic carbocycles. The van der Waals surface area contributed by atoms with Crippen molar-refractivity contribution in [3.8, 4) is 0 Å². The molecule has 5 nitrogen and oxygen atoms in total. The number of hydrogen-bond donors (Lipinski definition) is 1. The summed E-state index contributed by atoms with van der Waals surface area (Å²) in [6.45, 7) is 2.23. The van der Waals surface area contributed by atoms with E-state index in [1.807, 2.05) is 31.2 Å². The molecule has 2 aromatic rings. The van der Waals surface area contributed by atoms with E-state index in [1.54, 1.807) is 6.07 Å². The quantitative estimate of drug-likeness (QED) is 0.931. The second kappa shape index (κ2) is 5.60. The van der Waals surface area contributed by atoms with Gasteiger partial charge in [-0.2, -0.15) is 4.31 Å². The lowest BCUT2D eigenvalue weighted by atomic mass is 10.1. The highest BCUT2D eigenvalue weighted by Crippen LogP contribution is 2.20. The zero-order valence-electron chi connectivity index (χ0n) is 11.4. The monoisotopic (exact) mass is 291 g/mol. The van der Waals surface area contributed by atoms with Crippen molar-refractivity contribution in [1.82, 2.24) is 9.29 Å². The van der Waals surface area contributed by atoms with Gasteiger partial charge in [0.05, 0.1) is 5.69 Å². The Hall–Kier alpha value is -1.92. The molecule has 20 heavy (non-hydrogen) atoms. The van der Waals surface area contributed by atoms with E-state index in [4.69, 9.17) is 5.73 Å². The molecule has 0 radical (unpaired) electrons. The summed E-state index contributed by atoms with van der Waals surface area (Å²) in [5.74, 6) is 0. The first-order valence-electron chi connectivity index (χ1n) is 6.14. The predicted molar refractivity (Wildman–Crippen MR) is 78.5 cm³/mol. The number of hydrogen-bond acceptors (Lipinski definition) is 4. The fourth-order valence-corrected chi connectivity index (χ4v) is 3.04. The number of anilines is 1. The predicted octanol–water partition coefficient (Wildman–Crippen LogP) is 1.79. The number of aryl methyl sites for hydroxylation is 1. The van der Waals surface area contributed by atoms with Crippen LogP contribution in [0.4, 0.5) is 5.69 Å². The van der Waals surface area contributed by atoms with E-state index in [0.29, 0.717) is 0 Å². The first-order valence-corrected chi connectivity index (χ1v) is 7.58. The van der Waals surface area contributed by atoms with E-state index in [1.165, 1.54) is 23.6 Å². The van der Waals surface area contributed by atoms with Gasteiger partial charge < -0.3 is 5.73 Å². The van der Waals surface area contributed by atoms with Gasteiger partial charge in [0.1, 0.15) is 0 Å². The Morgan fingerprint density at radius 2 is 1.90 bits per heavy atom. The van der Waals surface area contributed by atoms with Crippen LogP contribution in [0.2, 0.25) is 0 Å². The summed E-state index contributed by atoms with van der Waals surface area (Å²) in [4.78, 5) is 3.88. The normalized spacial score (nSPS) is 11.8. The fourth-order valence-electron chi connectivity index (χ4n) is 1.88. The van der Waals surface area contributed by atoms with Gasteiger partial charge in [-0.3, -0.25) is 0 Å². The number of pyridine rings is 1. The third kappa shape index (κ3) is 2.81. The molecule has 106 valence electrons. The third-order valence-corrected chi connectivity index (χ3v) is 4.89. The summed E-state index contributed by atoms with van der Waals surface area (Å²) >= 11 is 0. The Balaban J connectivity index is 2.31. The number of aromatic nitrogens is 1. The molecule has 1 heterocycles. The van der Waals surface area contributed by atoms with Gasteiger partial charge in [0.25, 0.3) is 10.0 Å². The van der Waals surface area contributed by atoms with E-state index in [9.17, 15) is 8.42 Å². The highest BCUT2D eigenvalue weighted by Gasteiger charge is 2.24. The van der Waals surface area contributed by atoms with Crippen LogP contribution in [0.25, 0.3) is 0 Å². The van der Waals surface area contributed by atoms with Crippen LogP contribution in [-0.2, 0) is 16.6 Å². The summed E-state index contributed by atoms with van der Waals surface area (Å²) in [5, 5.41) is -0.101. The minimum Gasteiger partial charge on any atom is -0.396 e. The van der Waals surface area contributed by atoms with Crippen molar-refractivity contribution in [3.05, 3.63) is 53.7 Å². The van der Waals surface area contributed by atoms with E-state index in [-0.39, 0.29) is 17.3 Å². The third-order valence-electron chi connectivity index (χ3n) is 3.11. The lowest BCUT2D eigenvalue weighted by molar-refractivity contribution is 0.463. The van der Waals surface area contributed by atoms with Crippen molar-refractivity contribution in [1.29, 1.82) is 0 Å². The van der Waals surface area contributed by atoms with Crippen molar-refractivity contribution in [2.75, 3.05) is 12.8 Å². The second-order valence-electron chi connectivity index (χ2n) is 4.59. The standard InChI is InChI=1S/C14H17N3O2S/c1-11-6-3-4-7-12(11)10-17(2)20(18,19)14-13(15)8-5-9-16-14/h3-9H,10,15H2,1-2H3. The van der Waals surface area contributed by atoms with Gasteiger partial charge in [0.15, 0.2) is 5.03 Å². The van der Waals surface area contributed by atoms with E-state index >= 15 is 0 Å². The maximum atomic E-state index is 12.5. The Kier molecular flexibility index (Phi) is 4.06. The minimum atomic E-state index is -3.69. The van der Waals surface area contributed by atoms with Crippen LogP contribution in [0.5, 0.6) is 0 Å². The zero-order chi connectivity index (χ0) is 14.8. The summed E-state index contributed by atoms with van der Waals surface area (Å²) in [6.07, 6.45) is 1.42. The van der Waals surface area contributed by atoms with Crippen molar-refractivity contribution >= 4 is 15.7 Å². The lowest BCUT2D eigenvalue weighted by Gasteiger charge is -2.18. The summed E-state index contributed by atoms with van der Waals surface area (Å²) in [7, 11) is -2.16. The first kappa shape index (κ1) is 14.5. The molecule has 0 saturated heterocycles. The first-order chi connectivity index (χ1) is 9.43. The molecular weight excluding hydrogens is 274 g/mol. The Labute approximate surface area is 119 Å². The molecule has 0 bridgehead atoms. The molecule has 0 atom stereocenters. The van der Waals surface area contributed by atoms with Gasteiger partial charge in [-0.25, -0.2) is 13.4 Å². The van der Waals surface area contributed by atoms with Gasteiger partial charge in [-0.1, -0.05) is 24.3 Å². The van der Waals surface area contributed by atoms with Crippen LogP contribution in [0.3, 0.4) is 0 Å². The number of benzene rings is 1. The average Bonchev–Trinajstić information content (AvgIpc) is 2.41. The Morgan fingerprint density at radius 3 is 2.55 bits per heavy atom.